The number of ether oxygens (including phenoxy) is 2. The van der Waals surface area contributed by atoms with Crippen LogP contribution in [0.1, 0.15) is 5.56 Å². The zero-order valence-electron chi connectivity index (χ0n) is 12.9. The van der Waals surface area contributed by atoms with Gasteiger partial charge in [0.25, 0.3) is 0 Å². The lowest BCUT2D eigenvalue weighted by Gasteiger charge is -2.29. The first-order chi connectivity index (χ1) is 11.1. The number of hydrogen-bond donors (Lipinski definition) is 0. The summed E-state index contributed by atoms with van der Waals surface area (Å²) in [5.41, 5.74) is 0.660. The van der Waals surface area contributed by atoms with Crippen LogP contribution in [0, 0.1) is 5.82 Å². The monoisotopic (exact) mass is 315 g/mol. The van der Waals surface area contributed by atoms with Gasteiger partial charge in [0.05, 0.1) is 13.0 Å². The molecular weight excluding hydrogens is 297 g/mol. The van der Waals surface area contributed by atoms with Crippen LogP contribution in [0.4, 0.5) is 4.39 Å². The van der Waals surface area contributed by atoms with Gasteiger partial charge in [-0.3, -0.25) is 4.79 Å². The van der Waals surface area contributed by atoms with Gasteiger partial charge in [-0.05, 0) is 29.8 Å². The highest BCUT2D eigenvalue weighted by molar-refractivity contribution is 5.78. The smallest absolute Gasteiger partial charge is 0.226 e. The molecule has 1 aliphatic rings. The summed E-state index contributed by atoms with van der Waals surface area (Å²) in [5, 5.41) is 0. The Morgan fingerprint density at radius 1 is 1.22 bits per heavy atom. The van der Waals surface area contributed by atoms with E-state index in [4.69, 9.17) is 9.47 Å². The van der Waals surface area contributed by atoms with E-state index in [1.165, 1.54) is 12.1 Å². The van der Waals surface area contributed by atoms with Crippen molar-refractivity contribution >= 4 is 5.91 Å². The standard InChI is InChI=1S/C18H18FNO3/c1-20(18(21)10-13-5-4-6-14(19)9-13)11-15-12-22-16-7-2-3-8-17(16)23-15/h2-9,15H,10-12H2,1H3. The minimum Gasteiger partial charge on any atom is -0.486 e. The third-order valence-electron chi connectivity index (χ3n) is 3.72. The van der Waals surface area contributed by atoms with Gasteiger partial charge in [0.1, 0.15) is 12.4 Å². The molecule has 3 rings (SSSR count). The van der Waals surface area contributed by atoms with Crippen molar-refractivity contribution < 1.29 is 18.7 Å². The molecule has 0 radical (unpaired) electrons. The second-order valence-electron chi connectivity index (χ2n) is 5.58. The van der Waals surface area contributed by atoms with Crippen molar-refractivity contribution in [2.45, 2.75) is 12.5 Å². The number of carbonyl (C=O) groups is 1. The molecule has 120 valence electrons. The molecule has 0 saturated heterocycles. The van der Waals surface area contributed by atoms with Crippen LogP contribution in [0.3, 0.4) is 0 Å². The number of fused-ring (bicyclic) bond motifs is 1. The third-order valence-corrected chi connectivity index (χ3v) is 3.72. The highest BCUT2D eigenvalue weighted by atomic mass is 19.1. The molecular formula is C18H18FNO3. The maximum absolute atomic E-state index is 13.2. The predicted octanol–water partition coefficient (Wildman–Crippen LogP) is 2.67. The van der Waals surface area contributed by atoms with Gasteiger partial charge in [0.15, 0.2) is 17.6 Å². The Balaban J connectivity index is 1.57. The van der Waals surface area contributed by atoms with Crippen molar-refractivity contribution in [1.82, 2.24) is 4.90 Å². The highest BCUT2D eigenvalue weighted by Gasteiger charge is 2.23. The van der Waals surface area contributed by atoms with E-state index >= 15 is 0 Å². The molecule has 0 spiro atoms. The Morgan fingerprint density at radius 2 is 2.00 bits per heavy atom. The molecule has 1 amide bonds. The van der Waals surface area contributed by atoms with Gasteiger partial charge in [0, 0.05) is 7.05 Å². The zero-order chi connectivity index (χ0) is 16.2. The van der Waals surface area contributed by atoms with E-state index in [0.717, 1.165) is 5.75 Å². The second-order valence-corrected chi connectivity index (χ2v) is 5.58. The van der Waals surface area contributed by atoms with E-state index in [0.29, 0.717) is 24.5 Å². The highest BCUT2D eigenvalue weighted by Crippen LogP contribution is 2.30. The van der Waals surface area contributed by atoms with Crippen LogP contribution in [-0.4, -0.2) is 37.1 Å². The van der Waals surface area contributed by atoms with Gasteiger partial charge in [-0.15, -0.1) is 0 Å². The van der Waals surface area contributed by atoms with Crippen LogP contribution in [0.5, 0.6) is 11.5 Å². The first-order valence-electron chi connectivity index (χ1n) is 7.49. The molecule has 0 aliphatic carbocycles. The summed E-state index contributed by atoms with van der Waals surface area (Å²) in [6.07, 6.45) is -0.0512. The first-order valence-corrected chi connectivity index (χ1v) is 7.49. The van der Waals surface area contributed by atoms with E-state index in [2.05, 4.69) is 0 Å². The van der Waals surface area contributed by atoms with Gasteiger partial charge in [-0.1, -0.05) is 24.3 Å². The Hall–Kier alpha value is -2.56. The molecule has 2 aromatic carbocycles. The fourth-order valence-corrected chi connectivity index (χ4v) is 2.52. The molecule has 0 aromatic heterocycles. The SMILES string of the molecule is CN(CC1COc2ccccc2O1)C(=O)Cc1cccc(F)c1. The number of carbonyl (C=O) groups excluding carboxylic acids is 1. The van der Waals surface area contributed by atoms with E-state index in [-0.39, 0.29) is 24.2 Å². The van der Waals surface area contributed by atoms with Crippen LogP contribution in [0.2, 0.25) is 0 Å². The number of rotatable bonds is 4. The number of para-hydroxylation sites is 2. The number of amides is 1. The lowest BCUT2D eigenvalue weighted by Crippen LogP contribution is -2.42. The largest absolute Gasteiger partial charge is 0.486 e. The van der Waals surface area contributed by atoms with Crippen molar-refractivity contribution in [3.63, 3.8) is 0 Å². The average Bonchev–Trinajstić information content (AvgIpc) is 2.54. The number of hydrogen-bond acceptors (Lipinski definition) is 3. The van der Waals surface area contributed by atoms with E-state index < -0.39 is 0 Å². The summed E-state index contributed by atoms with van der Waals surface area (Å²) in [6.45, 7) is 0.817. The van der Waals surface area contributed by atoms with Crippen molar-refractivity contribution in [3.8, 4) is 11.5 Å². The summed E-state index contributed by atoms with van der Waals surface area (Å²) in [4.78, 5) is 13.8. The van der Waals surface area contributed by atoms with Crippen molar-refractivity contribution in [3.05, 3.63) is 59.9 Å². The van der Waals surface area contributed by atoms with Crippen molar-refractivity contribution in [2.24, 2.45) is 0 Å². The minimum atomic E-state index is -0.335. The Morgan fingerprint density at radius 3 is 2.78 bits per heavy atom. The van der Waals surface area contributed by atoms with Crippen molar-refractivity contribution in [2.75, 3.05) is 20.2 Å². The lowest BCUT2D eigenvalue weighted by atomic mass is 10.1. The normalized spacial score (nSPS) is 16.0. The molecule has 5 heteroatoms. The quantitative estimate of drug-likeness (QED) is 0.871. The summed E-state index contributed by atoms with van der Waals surface area (Å²) in [7, 11) is 1.71. The lowest BCUT2D eigenvalue weighted by molar-refractivity contribution is -0.130. The first kappa shape index (κ1) is 15.3. The van der Waals surface area contributed by atoms with Gasteiger partial charge in [-0.2, -0.15) is 0 Å². The van der Waals surface area contributed by atoms with Crippen LogP contribution in [0.25, 0.3) is 0 Å². The van der Waals surface area contributed by atoms with Crippen molar-refractivity contribution in [1.29, 1.82) is 0 Å². The zero-order valence-corrected chi connectivity index (χ0v) is 12.9. The summed E-state index contributed by atoms with van der Waals surface area (Å²) < 4.78 is 24.7. The van der Waals surface area contributed by atoms with Gasteiger partial charge in [0.2, 0.25) is 5.91 Å². The molecule has 0 N–H and O–H groups in total. The van der Waals surface area contributed by atoms with E-state index in [9.17, 15) is 9.18 Å². The molecule has 1 unspecified atom stereocenters. The molecule has 1 atom stereocenters. The number of benzene rings is 2. The summed E-state index contributed by atoms with van der Waals surface area (Å²) in [6, 6.07) is 13.5. The molecule has 0 bridgehead atoms. The molecule has 1 aliphatic heterocycles. The molecule has 1 heterocycles. The van der Waals surface area contributed by atoms with Gasteiger partial charge in [-0.25, -0.2) is 4.39 Å². The number of likely N-dealkylation sites (N-methyl/N-ethyl adjacent to an activating group) is 1. The van der Waals surface area contributed by atoms with E-state index in [1.807, 2.05) is 24.3 Å². The predicted molar refractivity (Wildman–Crippen MR) is 84.1 cm³/mol. The Bertz CT molecular complexity index is 704. The van der Waals surface area contributed by atoms with Gasteiger partial charge >= 0.3 is 0 Å². The Kier molecular flexibility index (Phi) is 4.46. The minimum absolute atomic E-state index is 0.0851. The number of nitrogens with zero attached hydrogens (tertiary/aromatic N) is 1. The van der Waals surface area contributed by atoms with Crippen LogP contribution in [-0.2, 0) is 11.2 Å². The summed E-state index contributed by atoms with van der Waals surface area (Å²) in [5.74, 6) is 0.990. The molecule has 0 fully saturated rings. The maximum atomic E-state index is 13.2. The van der Waals surface area contributed by atoms with E-state index in [1.54, 1.807) is 24.1 Å². The maximum Gasteiger partial charge on any atom is 0.226 e. The summed E-state index contributed by atoms with van der Waals surface area (Å²) >= 11 is 0. The molecule has 4 nitrogen and oxygen atoms in total. The fraction of sp³-hybridized carbons (Fsp3) is 0.278. The van der Waals surface area contributed by atoms with Crippen LogP contribution < -0.4 is 9.47 Å². The molecule has 2 aromatic rings. The second kappa shape index (κ2) is 6.69. The van der Waals surface area contributed by atoms with Crippen LogP contribution in [0.15, 0.2) is 48.5 Å². The topological polar surface area (TPSA) is 38.8 Å². The Labute approximate surface area is 134 Å². The van der Waals surface area contributed by atoms with Crippen LogP contribution >= 0.6 is 0 Å². The molecule has 23 heavy (non-hydrogen) atoms. The third kappa shape index (κ3) is 3.80. The fourth-order valence-electron chi connectivity index (χ4n) is 2.52. The average molecular weight is 315 g/mol. The molecule has 0 saturated carbocycles. The van der Waals surface area contributed by atoms with Gasteiger partial charge < -0.3 is 14.4 Å². The number of halogens is 1.